The molecule has 0 amide bonds. The van der Waals surface area contributed by atoms with E-state index in [0.717, 1.165) is 40.1 Å². The van der Waals surface area contributed by atoms with E-state index in [9.17, 15) is 0 Å². The second kappa shape index (κ2) is 12.3. The summed E-state index contributed by atoms with van der Waals surface area (Å²) < 4.78 is 13.8. The first-order chi connectivity index (χ1) is 25.8. The summed E-state index contributed by atoms with van der Waals surface area (Å²) in [6, 6.07) is 71.2. The molecule has 0 fully saturated rings. The zero-order chi connectivity index (χ0) is 34.5. The van der Waals surface area contributed by atoms with Crippen LogP contribution in [-0.4, -0.2) is 8.07 Å². The molecule has 246 valence electrons. The molecule has 0 N–H and O–H groups in total. The van der Waals surface area contributed by atoms with E-state index in [-0.39, 0.29) is 0 Å². The first-order valence-electron chi connectivity index (χ1n) is 17.7. The molecular formula is C48H33NO2Si. The minimum absolute atomic E-state index is 0.874. The molecule has 3 nitrogen and oxygen atoms in total. The standard InChI is InChI=1S/C48H33NO2Si/c1-3-14-34(15-4-1)36-26-30-38(31-27-36)49(39-32-28-37(29-33-39)35-16-5-2-6-17-35)40-18-13-25-47-48(40)51-43-21-9-12-24-46(43)52(47)44-22-10-7-19-41(44)50-42-20-8-11-23-45(42)52/h1-33H. The Labute approximate surface area is 304 Å². The summed E-state index contributed by atoms with van der Waals surface area (Å²) in [7, 11) is -2.91. The highest BCUT2D eigenvalue weighted by Gasteiger charge is 2.53. The number of benzene rings is 8. The van der Waals surface area contributed by atoms with E-state index in [2.05, 4.69) is 205 Å². The van der Waals surface area contributed by atoms with Crippen molar-refractivity contribution < 1.29 is 9.47 Å². The molecule has 0 bridgehead atoms. The van der Waals surface area contributed by atoms with Gasteiger partial charge in [0.15, 0.2) is 13.8 Å². The SMILES string of the molecule is c1ccc(-c2ccc(N(c3ccc(-c4ccccc4)cc3)c3cccc4c3Oc3ccccc3[Si]43c4ccccc4Oc4ccccc43)cc2)cc1. The first kappa shape index (κ1) is 30.2. The van der Waals surface area contributed by atoms with Gasteiger partial charge in [0.2, 0.25) is 0 Å². The second-order valence-corrected chi connectivity index (χ2v) is 16.9. The van der Waals surface area contributed by atoms with Gasteiger partial charge in [-0.25, -0.2) is 0 Å². The van der Waals surface area contributed by atoms with Crippen molar-refractivity contribution in [3.8, 4) is 45.3 Å². The molecule has 0 aromatic heterocycles. The maximum atomic E-state index is 7.13. The van der Waals surface area contributed by atoms with Crippen LogP contribution < -0.4 is 35.1 Å². The van der Waals surface area contributed by atoms with Crippen molar-refractivity contribution in [3.63, 3.8) is 0 Å². The van der Waals surface area contributed by atoms with Gasteiger partial charge in [-0.3, -0.25) is 0 Å². The van der Waals surface area contributed by atoms with Crippen LogP contribution in [0.5, 0.6) is 23.0 Å². The number of anilines is 3. The molecule has 2 aliphatic rings. The summed E-state index contributed by atoms with van der Waals surface area (Å²) in [5.74, 6) is 3.58. The Morgan fingerprint density at radius 2 is 0.692 bits per heavy atom. The van der Waals surface area contributed by atoms with Crippen LogP contribution in [-0.2, 0) is 0 Å². The van der Waals surface area contributed by atoms with Gasteiger partial charge < -0.3 is 14.4 Å². The van der Waals surface area contributed by atoms with Crippen LogP contribution >= 0.6 is 0 Å². The zero-order valence-electron chi connectivity index (χ0n) is 28.3. The maximum absolute atomic E-state index is 7.13. The van der Waals surface area contributed by atoms with E-state index in [1.54, 1.807) is 0 Å². The number of hydrogen-bond donors (Lipinski definition) is 0. The first-order valence-corrected chi connectivity index (χ1v) is 19.7. The number of fused-ring (bicyclic) bond motifs is 8. The van der Waals surface area contributed by atoms with Crippen molar-refractivity contribution >= 4 is 45.9 Å². The van der Waals surface area contributed by atoms with E-state index in [1.165, 1.54) is 43.0 Å². The molecule has 10 rings (SSSR count). The van der Waals surface area contributed by atoms with Gasteiger partial charge in [0.25, 0.3) is 0 Å². The Bertz CT molecular complexity index is 2420. The number of rotatable bonds is 5. The van der Waals surface area contributed by atoms with Gasteiger partial charge in [-0.1, -0.05) is 152 Å². The summed E-state index contributed by atoms with van der Waals surface area (Å²) in [4.78, 5) is 2.34. The van der Waals surface area contributed by atoms with Gasteiger partial charge >= 0.3 is 0 Å². The third-order valence-corrected chi connectivity index (χ3v) is 15.3. The van der Waals surface area contributed by atoms with Crippen LogP contribution in [0.2, 0.25) is 0 Å². The molecule has 0 saturated carbocycles. The molecule has 0 radical (unpaired) electrons. The molecule has 2 heterocycles. The van der Waals surface area contributed by atoms with Gasteiger partial charge in [0.1, 0.15) is 17.2 Å². The van der Waals surface area contributed by atoms with Crippen molar-refractivity contribution in [1.82, 2.24) is 0 Å². The highest BCUT2D eigenvalue weighted by molar-refractivity contribution is 7.21. The molecule has 1 spiro atoms. The largest absolute Gasteiger partial charge is 0.458 e. The molecule has 52 heavy (non-hydrogen) atoms. The predicted octanol–water partition coefficient (Wildman–Crippen LogP) is 10.1. The fraction of sp³-hybridized carbons (Fsp3) is 0. The monoisotopic (exact) mass is 683 g/mol. The van der Waals surface area contributed by atoms with E-state index < -0.39 is 8.07 Å². The minimum Gasteiger partial charge on any atom is -0.458 e. The third kappa shape index (κ3) is 4.73. The third-order valence-electron chi connectivity index (χ3n) is 10.4. The van der Waals surface area contributed by atoms with Gasteiger partial charge in [-0.15, -0.1) is 0 Å². The Kier molecular flexibility index (Phi) is 7.15. The smallest absolute Gasteiger partial charge is 0.196 e. The molecular weight excluding hydrogens is 651 g/mol. The van der Waals surface area contributed by atoms with Crippen LogP contribution in [0.3, 0.4) is 0 Å². The summed E-state index contributed by atoms with van der Waals surface area (Å²) in [5, 5.41) is 4.90. The Morgan fingerprint density at radius 3 is 1.17 bits per heavy atom. The molecule has 8 aromatic rings. The number of para-hydroxylation sites is 4. The van der Waals surface area contributed by atoms with Crippen molar-refractivity contribution in [1.29, 1.82) is 0 Å². The van der Waals surface area contributed by atoms with Crippen molar-refractivity contribution in [3.05, 3.63) is 200 Å². The lowest BCUT2D eigenvalue weighted by molar-refractivity contribution is 0.482. The number of hydrogen-bond acceptors (Lipinski definition) is 3. The summed E-state index contributed by atoms with van der Waals surface area (Å²) in [6.07, 6.45) is 0. The van der Waals surface area contributed by atoms with Crippen LogP contribution in [0.4, 0.5) is 17.1 Å². The average Bonchev–Trinajstić information content (AvgIpc) is 3.22. The normalized spacial score (nSPS) is 13.1. The maximum Gasteiger partial charge on any atom is 0.196 e. The highest BCUT2D eigenvalue weighted by atomic mass is 28.3. The lowest BCUT2D eigenvalue weighted by atomic mass is 10.0. The fourth-order valence-electron chi connectivity index (χ4n) is 8.09. The van der Waals surface area contributed by atoms with Crippen LogP contribution in [0.15, 0.2) is 200 Å². The van der Waals surface area contributed by atoms with E-state index in [1.807, 2.05) is 0 Å². The van der Waals surface area contributed by atoms with Gasteiger partial charge in [0.05, 0.1) is 5.69 Å². The Hall–Kier alpha value is -6.62. The molecule has 0 aliphatic carbocycles. The Balaban J connectivity index is 1.22. The lowest BCUT2D eigenvalue weighted by Crippen LogP contribution is -2.77. The topological polar surface area (TPSA) is 21.7 Å². The molecule has 2 aliphatic heterocycles. The molecule has 8 aromatic carbocycles. The van der Waals surface area contributed by atoms with E-state index in [4.69, 9.17) is 9.47 Å². The second-order valence-electron chi connectivity index (χ2n) is 13.3. The minimum atomic E-state index is -2.91. The summed E-state index contributed by atoms with van der Waals surface area (Å²) >= 11 is 0. The van der Waals surface area contributed by atoms with Crippen LogP contribution in [0.1, 0.15) is 0 Å². The fourth-order valence-corrected chi connectivity index (χ4v) is 13.3. The van der Waals surface area contributed by atoms with Crippen molar-refractivity contribution in [2.24, 2.45) is 0 Å². The molecule has 0 unspecified atom stereocenters. The summed E-state index contributed by atoms with van der Waals surface area (Å²) in [5.41, 5.74) is 7.80. The van der Waals surface area contributed by atoms with Gasteiger partial charge in [-0.2, -0.15) is 0 Å². The number of nitrogens with zero attached hydrogens (tertiary/aromatic N) is 1. The average molecular weight is 684 g/mol. The van der Waals surface area contributed by atoms with Crippen molar-refractivity contribution in [2.45, 2.75) is 0 Å². The highest BCUT2D eigenvalue weighted by Crippen LogP contribution is 2.45. The van der Waals surface area contributed by atoms with Gasteiger partial charge in [0, 0.05) is 11.4 Å². The van der Waals surface area contributed by atoms with Crippen LogP contribution in [0.25, 0.3) is 22.3 Å². The van der Waals surface area contributed by atoms with E-state index >= 15 is 0 Å². The molecule has 0 saturated heterocycles. The summed E-state index contributed by atoms with van der Waals surface area (Å²) in [6.45, 7) is 0. The molecule has 0 atom stereocenters. The molecule has 4 heteroatoms. The zero-order valence-corrected chi connectivity index (χ0v) is 29.3. The van der Waals surface area contributed by atoms with Gasteiger partial charge in [-0.05, 0) is 91.5 Å². The number of ether oxygens (including phenoxy) is 2. The quantitative estimate of drug-likeness (QED) is 0.169. The lowest BCUT2D eigenvalue weighted by Gasteiger charge is -2.44. The Morgan fingerprint density at radius 1 is 0.308 bits per heavy atom. The predicted molar refractivity (Wildman–Crippen MR) is 216 cm³/mol. The van der Waals surface area contributed by atoms with Crippen LogP contribution in [0, 0.1) is 0 Å². The van der Waals surface area contributed by atoms with Crippen molar-refractivity contribution in [2.75, 3.05) is 4.90 Å². The van der Waals surface area contributed by atoms with E-state index in [0.29, 0.717) is 0 Å².